The van der Waals surface area contributed by atoms with Crippen molar-refractivity contribution in [3.8, 4) is 11.5 Å². The molecule has 0 N–H and O–H groups in total. The molecule has 0 amide bonds. The van der Waals surface area contributed by atoms with Crippen molar-refractivity contribution in [2.75, 3.05) is 0 Å². The Balaban J connectivity index is 1.69. The molecule has 0 aliphatic rings. The van der Waals surface area contributed by atoms with Gasteiger partial charge in [-0.05, 0) is 73.0 Å². The summed E-state index contributed by atoms with van der Waals surface area (Å²) >= 11 is 11.7. The molecule has 0 saturated carbocycles. The number of aryl methyl sites for hydroxylation is 1. The lowest BCUT2D eigenvalue weighted by Crippen LogP contribution is -2.09. The van der Waals surface area contributed by atoms with Crippen LogP contribution in [0.2, 0.25) is 10.0 Å². The fraction of sp³-hybridized carbons (Fsp3) is 0.0769. The summed E-state index contributed by atoms with van der Waals surface area (Å²) in [6, 6.07) is 17.5. The van der Waals surface area contributed by atoms with Gasteiger partial charge >= 0.3 is 11.9 Å². The minimum absolute atomic E-state index is 0.311. The van der Waals surface area contributed by atoms with Crippen LogP contribution in [0.5, 0.6) is 11.5 Å². The second-order valence-corrected chi connectivity index (χ2v) is 7.82. The lowest BCUT2D eigenvalue weighted by atomic mass is 10.1. The van der Waals surface area contributed by atoms with E-state index in [-0.39, 0.29) is 0 Å². The Hall–Kier alpha value is -3.34. The number of esters is 2. The van der Waals surface area contributed by atoms with Crippen LogP contribution in [-0.4, -0.2) is 11.9 Å². The van der Waals surface area contributed by atoms with Crippen LogP contribution in [0.3, 0.4) is 0 Å². The minimum Gasteiger partial charge on any atom is -0.423 e. The van der Waals surface area contributed by atoms with Gasteiger partial charge in [-0.25, -0.2) is 9.59 Å². The molecule has 4 nitrogen and oxygen atoms in total. The first kappa shape index (κ1) is 23.3. The number of benzene rings is 3. The van der Waals surface area contributed by atoms with E-state index in [9.17, 15) is 9.59 Å². The molecule has 0 radical (unpaired) electrons. The number of hydrogen-bond donors (Lipinski definition) is 0. The van der Waals surface area contributed by atoms with Crippen LogP contribution in [0, 0.1) is 13.8 Å². The molecule has 3 rings (SSSR count). The molecule has 32 heavy (non-hydrogen) atoms. The van der Waals surface area contributed by atoms with Crippen LogP contribution in [0.15, 0.2) is 72.8 Å². The third-order valence-electron chi connectivity index (χ3n) is 4.53. The van der Waals surface area contributed by atoms with Gasteiger partial charge in [0.05, 0.1) is 0 Å². The lowest BCUT2D eigenvalue weighted by molar-refractivity contribution is -0.129. The Bertz CT molecular complexity index is 1180. The van der Waals surface area contributed by atoms with Crippen LogP contribution in [0.1, 0.15) is 22.3 Å². The third-order valence-corrected chi connectivity index (χ3v) is 5.03. The van der Waals surface area contributed by atoms with Crippen molar-refractivity contribution in [1.29, 1.82) is 0 Å². The Morgan fingerprint density at radius 1 is 0.688 bits per heavy atom. The van der Waals surface area contributed by atoms with Crippen molar-refractivity contribution in [3.63, 3.8) is 0 Å². The average molecular weight is 467 g/mol. The van der Waals surface area contributed by atoms with Gasteiger partial charge in [0.1, 0.15) is 11.5 Å². The zero-order valence-corrected chi connectivity index (χ0v) is 19.0. The zero-order chi connectivity index (χ0) is 23.1. The fourth-order valence-electron chi connectivity index (χ4n) is 2.83. The molecule has 0 aromatic heterocycles. The van der Waals surface area contributed by atoms with Gasteiger partial charge < -0.3 is 9.47 Å². The van der Waals surface area contributed by atoms with Gasteiger partial charge in [-0.2, -0.15) is 0 Å². The van der Waals surface area contributed by atoms with E-state index in [4.69, 9.17) is 32.7 Å². The number of hydrogen-bond acceptors (Lipinski definition) is 4. The Kier molecular flexibility index (Phi) is 7.87. The van der Waals surface area contributed by atoms with Gasteiger partial charge in [0.2, 0.25) is 0 Å². The second-order valence-electron chi connectivity index (χ2n) is 6.95. The number of halogens is 2. The van der Waals surface area contributed by atoms with Crippen molar-refractivity contribution in [2.45, 2.75) is 13.8 Å². The maximum atomic E-state index is 12.3. The molecule has 0 saturated heterocycles. The number of ether oxygens (including phenoxy) is 2. The lowest BCUT2D eigenvalue weighted by Gasteiger charge is -2.13. The van der Waals surface area contributed by atoms with Crippen molar-refractivity contribution in [3.05, 3.63) is 105 Å². The highest BCUT2D eigenvalue weighted by Crippen LogP contribution is 2.31. The largest absolute Gasteiger partial charge is 0.423 e. The highest BCUT2D eigenvalue weighted by molar-refractivity contribution is 6.30. The topological polar surface area (TPSA) is 52.6 Å². The third kappa shape index (κ3) is 6.58. The Morgan fingerprint density at radius 3 is 1.66 bits per heavy atom. The van der Waals surface area contributed by atoms with Crippen LogP contribution in [0.25, 0.3) is 12.2 Å². The summed E-state index contributed by atoms with van der Waals surface area (Å²) in [4.78, 5) is 24.6. The molecule has 0 aliphatic heterocycles. The van der Waals surface area contributed by atoms with E-state index < -0.39 is 11.9 Å². The standard InChI is InChI=1S/C26H20Cl2O4/c1-17-3-14-23(31-24(29)15-8-19-4-10-21(27)11-5-19)18(2)26(17)32-25(30)16-9-20-6-12-22(28)13-7-20/h3-16H,1-2H3/b15-8+,16-9+. The molecule has 3 aromatic rings. The Morgan fingerprint density at radius 2 is 1.16 bits per heavy atom. The average Bonchev–Trinajstić information content (AvgIpc) is 2.78. The van der Waals surface area contributed by atoms with Crippen molar-refractivity contribution < 1.29 is 19.1 Å². The smallest absolute Gasteiger partial charge is 0.336 e. The molecule has 0 bridgehead atoms. The Labute approximate surface area is 196 Å². The first-order chi connectivity index (χ1) is 15.3. The van der Waals surface area contributed by atoms with Crippen LogP contribution in [-0.2, 0) is 9.59 Å². The molecular formula is C26H20Cl2O4. The summed E-state index contributed by atoms with van der Waals surface area (Å²) in [7, 11) is 0. The van der Waals surface area contributed by atoms with Gasteiger partial charge in [-0.1, -0.05) is 53.5 Å². The van der Waals surface area contributed by atoms with Crippen LogP contribution < -0.4 is 9.47 Å². The van der Waals surface area contributed by atoms with Crippen molar-refractivity contribution in [1.82, 2.24) is 0 Å². The first-order valence-electron chi connectivity index (χ1n) is 9.73. The van der Waals surface area contributed by atoms with Gasteiger partial charge in [-0.3, -0.25) is 0 Å². The normalized spacial score (nSPS) is 11.1. The molecule has 6 heteroatoms. The summed E-state index contributed by atoms with van der Waals surface area (Å²) in [5, 5.41) is 1.23. The molecule has 0 unspecified atom stereocenters. The molecule has 162 valence electrons. The minimum atomic E-state index is -0.549. The van der Waals surface area contributed by atoms with E-state index in [1.54, 1.807) is 79.7 Å². The summed E-state index contributed by atoms with van der Waals surface area (Å²) in [5.41, 5.74) is 2.92. The maximum Gasteiger partial charge on any atom is 0.336 e. The van der Waals surface area contributed by atoms with Gasteiger partial charge in [0.15, 0.2) is 0 Å². The predicted molar refractivity (Wildman–Crippen MR) is 128 cm³/mol. The fourth-order valence-corrected chi connectivity index (χ4v) is 3.08. The van der Waals surface area contributed by atoms with E-state index in [0.717, 1.165) is 16.7 Å². The van der Waals surface area contributed by atoms with Crippen LogP contribution >= 0.6 is 23.2 Å². The van der Waals surface area contributed by atoms with Crippen LogP contribution in [0.4, 0.5) is 0 Å². The van der Waals surface area contributed by atoms with E-state index >= 15 is 0 Å². The highest BCUT2D eigenvalue weighted by Gasteiger charge is 2.14. The SMILES string of the molecule is Cc1ccc(OC(=O)/C=C/c2ccc(Cl)cc2)c(C)c1OC(=O)/C=C/c1ccc(Cl)cc1. The second kappa shape index (κ2) is 10.8. The van der Waals surface area contributed by atoms with E-state index in [1.807, 2.05) is 6.92 Å². The van der Waals surface area contributed by atoms with E-state index in [0.29, 0.717) is 27.1 Å². The molecule has 0 heterocycles. The highest BCUT2D eigenvalue weighted by atomic mass is 35.5. The van der Waals surface area contributed by atoms with E-state index in [2.05, 4.69) is 0 Å². The maximum absolute atomic E-state index is 12.3. The first-order valence-corrected chi connectivity index (χ1v) is 10.5. The van der Waals surface area contributed by atoms with Gasteiger partial charge in [0.25, 0.3) is 0 Å². The van der Waals surface area contributed by atoms with Gasteiger partial charge in [0, 0.05) is 27.8 Å². The van der Waals surface area contributed by atoms with Crippen molar-refractivity contribution >= 4 is 47.3 Å². The molecule has 0 spiro atoms. The molecule has 3 aromatic carbocycles. The zero-order valence-electron chi connectivity index (χ0n) is 17.5. The number of rotatable bonds is 6. The predicted octanol–water partition coefficient (Wildman–Crippen LogP) is 6.85. The molecule has 0 fully saturated rings. The molecular weight excluding hydrogens is 447 g/mol. The summed E-state index contributed by atoms with van der Waals surface area (Å²) in [6.45, 7) is 3.54. The summed E-state index contributed by atoms with van der Waals surface area (Å²) < 4.78 is 10.9. The quantitative estimate of drug-likeness (QED) is 0.226. The van der Waals surface area contributed by atoms with E-state index in [1.165, 1.54) is 12.2 Å². The van der Waals surface area contributed by atoms with Crippen molar-refractivity contribution in [2.24, 2.45) is 0 Å². The van der Waals surface area contributed by atoms with Gasteiger partial charge in [-0.15, -0.1) is 0 Å². The summed E-state index contributed by atoms with van der Waals surface area (Å²) in [6.07, 6.45) is 5.91. The monoisotopic (exact) mass is 466 g/mol. The number of carbonyl (C=O) groups is 2. The summed E-state index contributed by atoms with van der Waals surface area (Å²) in [5.74, 6) is -0.433. The molecule has 0 aliphatic carbocycles. The number of carbonyl (C=O) groups excluding carboxylic acids is 2. The molecule has 0 atom stereocenters.